The number of hydrogen-bond acceptors (Lipinski definition) is 4. The Morgan fingerprint density at radius 1 is 1.31 bits per heavy atom. The number of carbonyl (C=O) groups excluding carboxylic acids is 2. The van der Waals surface area contributed by atoms with Crippen molar-refractivity contribution in [3.8, 4) is 0 Å². The van der Waals surface area contributed by atoms with Gasteiger partial charge in [-0.1, -0.05) is 25.5 Å². The Balaban J connectivity index is 1.53. The highest BCUT2D eigenvalue weighted by Gasteiger charge is 2.40. The van der Waals surface area contributed by atoms with Crippen LogP contribution in [0.5, 0.6) is 0 Å². The molecule has 26 heavy (non-hydrogen) atoms. The molecule has 0 spiro atoms. The van der Waals surface area contributed by atoms with Crippen LogP contribution in [0.2, 0.25) is 0 Å². The van der Waals surface area contributed by atoms with Gasteiger partial charge >= 0.3 is 0 Å². The van der Waals surface area contributed by atoms with Crippen molar-refractivity contribution >= 4 is 17.5 Å². The highest BCUT2D eigenvalue weighted by molar-refractivity contribution is 5.79. The largest absolute Gasteiger partial charge is 0.353 e. The molecular weight excluding hydrogens is 334 g/mol. The number of nitro benzene ring substituents is 1. The maximum Gasteiger partial charge on any atom is 0.269 e. The fraction of sp³-hybridized carbons (Fsp3) is 0.579. The summed E-state index contributed by atoms with van der Waals surface area (Å²) in [4.78, 5) is 34.4. The first-order chi connectivity index (χ1) is 12.5. The van der Waals surface area contributed by atoms with Crippen LogP contribution in [-0.4, -0.2) is 28.8 Å². The third-order valence-corrected chi connectivity index (χ3v) is 5.70. The first-order valence-corrected chi connectivity index (χ1v) is 9.28. The van der Waals surface area contributed by atoms with E-state index in [0.29, 0.717) is 18.3 Å². The lowest BCUT2D eigenvalue weighted by atomic mass is 9.70. The SMILES string of the molecule is CCC1CC(=O)NC2CC(NC(=O)Cc3ccc([N+](=O)[O-])cc3)CCC12. The van der Waals surface area contributed by atoms with E-state index < -0.39 is 4.92 Å². The van der Waals surface area contributed by atoms with Crippen LogP contribution in [0.15, 0.2) is 24.3 Å². The Hall–Kier alpha value is -2.44. The summed E-state index contributed by atoms with van der Waals surface area (Å²) in [7, 11) is 0. The van der Waals surface area contributed by atoms with E-state index in [9.17, 15) is 19.7 Å². The van der Waals surface area contributed by atoms with E-state index >= 15 is 0 Å². The zero-order chi connectivity index (χ0) is 18.7. The molecule has 4 unspecified atom stereocenters. The Morgan fingerprint density at radius 2 is 2.04 bits per heavy atom. The van der Waals surface area contributed by atoms with Crippen LogP contribution in [0.4, 0.5) is 5.69 Å². The number of nitrogens with zero attached hydrogens (tertiary/aromatic N) is 1. The molecule has 7 heteroatoms. The van der Waals surface area contributed by atoms with E-state index in [4.69, 9.17) is 0 Å². The summed E-state index contributed by atoms with van der Waals surface area (Å²) in [6, 6.07) is 6.27. The maximum absolute atomic E-state index is 12.3. The van der Waals surface area contributed by atoms with Gasteiger partial charge in [0.15, 0.2) is 0 Å². The third kappa shape index (κ3) is 4.20. The van der Waals surface area contributed by atoms with Crippen molar-refractivity contribution < 1.29 is 14.5 Å². The van der Waals surface area contributed by atoms with Gasteiger partial charge < -0.3 is 10.6 Å². The lowest BCUT2D eigenvalue weighted by Crippen LogP contribution is -2.55. The van der Waals surface area contributed by atoms with Gasteiger partial charge in [0.05, 0.1) is 11.3 Å². The number of non-ortho nitro benzene ring substituents is 1. The van der Waals surface area contributed by atoms with Crippen LogP contribution in [-0.2, 0) is 16.0 Å². The molecule has 0 aromatic heterocycles. The van der Waals surface area contributed by atoms with Crippen LogP contribution in [0, 0.1) is 22.0 Å². The highest BCUT2D eigenvalue weighted by atomic mass is 16.6. The van der Waals surface area contributed by atoms with Crippen molar-refractivity contribution in [3.05, 3.63) is 39.9 Å². The van der Waals surface area contributed by atoms with Crippen LogP contribution in [0.3, 0.4) is 0 Å². The molecule has 1 aliphatic carbocycles. The molecule has 0 radical (unpaired) electrons. The minimum Gasteiger partial charge on any atom is -0.353 e. The molecule has 2 N–H and O–H groups in total. The number of piperidine rings is 1. The van der Waals surface area contributed by atoms with E-state index in [1.165, 1.54) is 12.1 Å². The second-order valence-electron chi connectivity index (χ2n) is 7.39. The number of hydrogen-bond donors (Lipinski definition) is 2. The van der Waals surface area contributed by atoms with E-state index in [1.54, 1.807) is 12.1 Å². The molecule has 2 aliphatic rings. The van der Waals surface area contributed by atoms with Gasteiger partial charge in [-0.15, -0.1) is 0 Å². The lowest BCUT2D eigenvalue weighted by molar-refractivity contribution is -0.384. The highest BCUT2D eigenvalue weighted by Crippen LogP contribution is 2.36. The monoisotopic (exact) mass is 359 g/mol. The first-order valence-electron chi connectivity index (χ1n) is 9.28. The van der Waals surface area contributed by atoms with Gasteiger partial charge in [-0.25, -0.2) is 0 Å². The molecule has 1 aromatic carbocycles. The van der Waals surface area contributed by atoms with Crippen molar-refractivity contribution in [2.75, 3.05) is 0 Å². The topological polar surface area (TPSA) is 101 Å². The van der Waals surface area contributed by atoms with Crippen LogP contribution in [0.1, 0.15) is 44.6 Å². The second-order valence-corrected chi connectivity index (χ2v) is 7.39. The molecule has 1 saturated carbocycles. The summed E-state index contributed by atoms with van der Waals surface area (Å²) in [6.45, 7) is 2.14. The Kier molecular flexibility index (Phi) is 5.54. The van der Waals surface area contributed by atoms with Gasteiger partial charge in [-0.05, 0) is 36.7 Å². The minimum atomic E-state index is -0.454. The molecule has 7 nitrogen and oxygen atoms in total. The number of benzene rings is 1. The molecule has 1 aliphatic heterocycles. The molecule has 2 amide bonds. The standard InChI is InChI=1S/C19H25N3O4/c1-2-13-10-19(24)21-17-11-14(5-8-16(13)17)20-18(23)9-12-3-6-15(7-4-12)22(25)26/h3-4,6-7,13-14,16-17H,2,5,8-11H2,1H3,(H,20,23)(H,21,24). The van der Waals surface area contributed by atoms with Gasteiger partial charge in [0, 0.05) is 30.6 Å². The van der Waals surface area contributed by atoms with Gasteiger partial charge in [-0.3, -0.25) is 19.7 Å². The third-order valence-electron chi connectivity index (χ3n) is 5.70. The fourth-order valence-corrected chi connectivity index (χ4v) is 4.36. The summed E-state index contributed by atoms with van der Waals surface area (Å²) in [5.74, 6) is 0.999. The average Bonchev–Trinajstić information content (AvgIpc) is 2.61. The Labute approximate surface area is 152 Å². The molecule has 3 rings (SSSR count). The molecule has 140 valence electrons. The Bertz CT molecular complexity index is 689. The van der Waals surface area contributed by atoms with Crippen molar-refractivity contribution in [1.82, 2.24) is 10.6 Å². The van der Waals surface area contributed by atoms with Crippen LogP contribution >= 0.6 is 0 Å². The van der Waals surface area contributed by atoms with E-state index in [2.05, 4.69) is 17.6 Å². The van der Waals surface area contributed by atoms with E-state index in [1.807, 2.05) is 0 Å². The van der Waals surface area contributed by atoms with Crippen molar-refractivity contribution in [2.45, 2.75) is 57.5 Å². The normalized spacial score (nSPS) is 28.0. The Morgan fingerprint density at radius 3 is 2.69 bits per heavy atom. The number of rotatable bonds is 5. The van der Waals surface area contributed by atoms with Crippen LogP contribution < -0.4 is 10.6 Å². The van der Waals surface area contributed by atoms with E-state index in [-0.39, 0.29) is 36.0 Å². The predicted octanol–water partition coefficient (Wildman–Crippen LogP) is 2.34. The summed E-state index contributed by atoms with van der Waals surface area (Å²) < 4.78 is 0. The van der Waals surface area contributed by atoms with Crippen LogP contribution in [0.25, 0.3) is 0 Å². The zero-order valence-corrected chi connectivity index (χ0v) is 14.9. The quantitative estimate of drug-likeness (QED) is 0.622. The molecule has 4 atom stereocenters. The molecule has 1 heterocycles. The molecule has 0 bridgehead atoms. The van der Waals surface area contributed by atoms with Crippen molar-refractivity contribution in [3.63, 3.8) is 0 Å². The average molecular weight is 359 g/mol. The smallest absolute Gasteiger partial charge is 0.269 e. The summed E-state index contributed by atoms with van der Waals surface area (Å²) in [6.07, 6.45) is 4.57. The van der Waals surface area contributed by atoms with Crippen molar-refractivity contribution in [1.29, 1.82) is 0 Å². The molecular formula is C19H25N3O4. The summed E-state index contributed by atoms with van der Waals surface area (Å²) in [5.41, 5.74) is 0.768. The van der Waals surface area contributed by atoms with E-state index in [0.717, 1.165) is 31.2 Å². The maximum atomic E-state index is 12.3. The van der Waals surface area contributed by atoms with Gasteiger partial charge in [0.2, 0.25) is 11.8 Å². The second kappa shape index (κ2) is 7.85. The van der Waals surface area contributed by atoms with Crippen molar-refractivity contribution in [2.24, 2.45) is 11.8 Å². The summed E-state index contributed by atoms with van der Waals surface area (Å²) in [5, 5.41) is 16.8. The number of carbonyl (C=O) groups is 2. The predicted molar refractivity (Wildman–Crippen MR) is 96.4 cm³/mol. The van der Waals surface area contributed by atoms with Gasteiger partial charge in [0.1, 0.15) is 0 Å². The molecule has 1 saturated heterocycles. The lowest BCUT2D eigenvalue weighted by Gasteiger charge is -2.44. The molecule has 1 aromatic rings. The fourth-order valence-electron chi connectivity index (χ4n) is 4.36. The zero-order valence-electron chi connectivity index (χ0n) is 14.9. The molecule has 2 fully saturated rings. The first kappa shape index (κ1) is 18.4. The number of nitro groups is 1. The number of amides is 2. The summed E-state index contributed by atoms with van der Waals surface area (Å²) >= 11 is 0. The van der Waals surface area contributed by atoms with Gasteiger partial charge in [-0.2, -0.15) is 0 Å². The number of nitrogens with one attached hydrogen (secondary N) is 2. The minimum absolute atomic E-state index is 0.0194. The number of fused-ring (bicyclic) bond motifs is 1. The van der Waals surface area contributed by atoms with Gasteiger partial charge in [0.25, 0.3) is 5.69 Å².